The highest BCUT2D eigenvalue weighted by Gasteiger charge is 2.40. The van der Waals surface area contributed by atoms with Gasteiger partial charge in [-0.1, -0.05) is 6.92 Å². The van der Waals surface area contributed by atoms with E-state index in [-0.39, 0.29) is 11.9 Å². The topological polar surface area (TPSA) is 102 Å². The lowest BCUT2D eigenvalue weighted by molar-refractivity contribution is -0.131. The van der Waals surface area contributed by atoms with Crippen molar-refractivity contribution >= 4 is 34.7 Å². The Labute approximate surface area is 191 Å². The van der Waals surface area contributed by atoms with Crippen LogP contribution >= 0.6 is 11.8 Å². The Morgan fingerprint density at radius 2 is 2.03 bits per heavy atom. The Kier molecular flexibility index (Phi) is 5.71. The van der Waals surface area contributed by atoms with E-state index in [2.05, 4.69) is 32.2 Å². The number of fused-ring (bicyclic) bond motifs is 2. The van der Waals surface area contributed by atoms with Crippen molar-refractivity contribution in [2.24, 2.45) is 5.92 Å². The maximum atomic E-state index is 13.3. The predicted octanol–water partition coefficient (Wildman–Crippen LogP) is 2.77. The van der Waals surface area contributed by atoms with E-state index in [1.165, 1.54) is 18.5 Å². The van der Waals surface area contributed by atoms with Gasteiger partial charge in [-0.2, -0.15) is 11.8 Å². The van der Waals surface area contributed by atoms with E-state index in [4.69, 9.17) is 4.98 Å². The first-order chi connectivity index (χ1) is 15.6. The molecule has 0 spiro atoms. The standard InChI is InChI=1S/C22H28N8OS/c1-4-16(22(31)29-10-14-6-7-32-17(14)11-29)27-19-18-21(26-12-25-19)30(5-2)20(28-18)15-8-23-13(3)24-9-15/h8-9,12,14,16-17H,4-7,10-11H2,1-3H3,(H,25,26,27)/t14?,16-,17?/m0/s1. The molecule has 3 aromatic heterocycles. The summed E-state index contributed by atoms with van der Waals surface area (Å²) in [5.74, 6) is 4.06. The van der Waals surface area contributed by atoms with Crippen LogP contribution in [-0.2, 0) is 11.3 Å². The van der Waals surface area contributed by atoms with E-state index in [1.54, 1.807) is 12.4 Å². The van der Waals surface area contributed by atoms with Crippen LogP contribution in [0.3, 0.4) is 0 Å². The van der Waals surface area contributed by atoms with Crippen molar-refractivity contribution < 1.29 is 4.79 Å². The van der Waals surface area contributed by atoms with Crippen molar-refractivity contribution in [1.82, 2.24) is 34.4 Å². The third kappa shape index (κ3) is 3.70. The SMILES string of the molecule is CC[C@H](Nc1ncnc2c1nc(-c1cnc(C)nc1)n2CC)C(=O)N1CC2CCSC2C1. The molecule has 0 aromatic carbocycles. The minimum absolute atomic E-state index is 0.149. The normalized spacial score (nSPS) is 21.2. The molecule has 3 aromatic rings. The number of aryl methyl sites for hydroxylation is 2. The molecule has 1 amide bonds. The first-order valence-corrected chi connectivity index (χ1v) is 12.3. The van der Waals surface area contributed by atoms with Gasteiger partial charge < -0.3 is 14.8 Å². The van der Waals surface area contributed by atoms with Gasteiger partial charge in [0, 0.05) is 37.3 Å². The van der Waals surface area contributed by atoms with Gasteiger partial charge in [0.15, 0.2) is 17.0 Å². The number of aromatic nitrogens is 6. The van der Waals surface area contributed by atoms with Crippen molar-refractivity contribution in [2.75, 3.05) is 24.2 Å². The van der Waals surface area contributed by atoms with Crippen LogP contribution in [0.1, 0.15) is 32.5 Å². The van der Waals surface area contributed by atoms with Crippen molar-refractivity contribution in [1.29, 1.82) is 0 Å². The van der Waals surface area contributed by atoms with Crippen LogP contribution in [0.15, 0.2) is 18.7 Å². The molecule has 2 unspecified atom stereocenters. The van der Waals surface area contributed by atoms with Crippen LogP contribution in [0.4, 0.5) is 5.82 Å². The second-order valence-electron chi connectivity index (χ2n) is 8.40. The molecule has 32 heavy (non-hydrogen) atoms. The quantitative estimate of drug-likeness (QED) is 0.609. The van der Waals surface area contributed by atoms with Crippen LogP contribution in [0, 0.1) is 12.8 Å². The molecule has 9 nitrogen and oxygen atoms in total. The van der Waals surface area contributed by atoms with Crippen LogP contribution in [0.5, 0.6) is 0 Å². The maximum Gasteiger partial charge on any atom is 0.245 e. The number of likely N-dealkylation sites (tertiary alicyclic amines) is 1. The summed E-state index contributed by atoms with van der Waals surface area (Å²) in [6.45, 7) is 8.35. The summed E-state index contributed by atoms with van der Waals surface area (Å²) in [7, 11) is 0. The lowest BCUT2D eigenvalue weighted by Crippen LogP contribution is -2.42. The third-order valence-corrected chi connectivity index (χ3v) is 7.85. The average Bonchev–Trinajstić information content (AvgIpc) is 3.50. The zero-order valence-corrected chi connectivity index (χ0v) is 19.5. The Bertz CT molecular complexity index is 1120. The Hall–Kier alpha value is -2.75. The Morgan fingerprint density at radius 3 is 2.75 bits per heavy atom. The van der Waals surface area contributed by atoms with E-state index in [0.29, 0.717) is 41.3 Å². The number of rotatable bonds is 6. The maximum absolute atomic E-state index is 13.3. The minimum atomic E-state index is -0.338. The van der Waals surface area contributed by atoms with Gasteiger partial charge in [-0.25, -0.2) is 24.9 Å². The highest BCUT2D eigenvalue weighted by atomic mass is 32.2. The smallest absolute Gasteiger partial charge is 0.245 e. The number of carbonyl (C=O) groups is 1. The summed E-state index contributed by atoms with van der Waals surface area (Å²) in [5, 5.41) is 3.98. The van der Waals surface area contributed by atoms with Crippen molar-refractivity contribution in [2.45, 2.75) is 51.4 Å². The second kappa shape index (κ2) is 8.65. The van der Waals surface area contributed by atoms with Gasteiger partial charge in [0.25, 0.3) is 0 Å². The molecule has 0 bridgehead atoms. The fourth-order valence-corrected chi connectivity index (χ4v) is 6.17. The summed E-state index contributed by atoms with van der Waals surface area (Å²) in [4.78, 5) is 37.7. The fourth-order valence-electron chi connectivity index (χ4n) is 4.65. The van der Waals surface area contributed by atoms with Gasteiger partial charge in [0.1, 0.15) is 24.0 Å². The minimum Gasteiger partial charge on any atom is -0.356 e. The molecule has 5 heterocycles. The second-order valence-corrected chi connectivity index (χ2v) is 9.75. The number of thioether (sulfide) groups is 1. The summed E-state index contributed by atoms with van der Waals surface area (Å²) >= 11 is 2.01. The molecule has 2 fully saturated rings. The molecule has 2 aliphatic rings. The molecule has 0 radical (unpaired) electrons. The third-order valence-electron chi connectivity index (χ3n) is 6.42. The van der Waals surface area contributed by atoms with Gasteiger partial charge in [-0.3, -0.25) is 4.79 Å². The molecule has 0 saturated carbocycles. The number of anilines is 1. The highest BCUT2D eigenvalue weighted by molar-refractivity contribution is 8.00. The number of hydrogen-bond acceptors (Lipinski definition) is 8. The monoisotopic (exact) mass is 452 g/mol. The van der Waals surface area contributed by atoms with Crippen LogP contribution in [0.2, 0.25) is 0 Å². The fraction of sp³-hybridized carbons (Fsp3) is 0.545. The Balaban J connectivity index is 1.44. The molecule has 2 saturated heterocycles. The average molecular weight is 453 g/mol. The van der Waals surface area contributed by atoms with Crippen molar-refractivity contribution in [3.05, 3.63) is 24.5 Å². The van der Waals surface area contributed by atoms with Crippen molar-refractivity contribution in [3.63, 3.8) is 0 Å². The van der Waals surface area contributed by atoms with Crippen LogP contribution < -0.4 is 5.32 Å². The zero-order valence-electron chi connectivity index (χ0n) is 18.7. The van der Waals surface area contributed by atoms with E-state index in [1.807, 2.05) is 35.1 Å². The zero-order chi connectivity index (χ0) is 22.2. The van der Waals surface area contributed by atoms with Crippen molar-refractivity contribution in [3.8, 4) is 11.4 Å². The lowest BCUT2D eigenvalue weighted by atomic mass is 10.1. The van der Waals surface area contributed by atoms with E-state index in [9.17, 15) is 4.79 Å². The largest absolute Gasteiger partial charge is 0.356 e. The molecule has 1 N–H and O–H groups in total. The van der Waals surface area contributed by atoms with Gasteiger partial charge in [-0.15, -0.1) is 0 Å². The molecule has 0 aliphatic carbocycles. The Morgan fingerprint density at radius 1 is 1.22 bits per heavy atom. The van der Waals surface area contributed by atoms with Crippen LogP contribution in [-0.4, -0.2) is 70.4 Å². The summed E-state index contributed by atoms with van der Waals surface area (Å²) in [6, 6.07) is -0.338. The molecule has 168 valence electrons. The van der Waals surface area contributed by atoms with E-state index < -0.39 is 0 Å². The summed E-state index contributed by atoms with van der Waals surface area (Å²) < 4.78 is 2.03. The first kappa shape index (κ1) is 21.1. The predicted molar refractivity (Wildman–Crippen MR) is 125 cm³/mol. The lowest BCUT2D eigenvalue weighted by Gasteiger charge is -2.24. The van der Waals surface area contributed by atoms with Gasteiger partial charge in [0.2, 0.25) is 5.91 Å². The number of nitrogens with zero attached hydrogens (tertiary/aromatic N) is 7. The number of carbonyl (C=O) groups excluding carboxylic acids is 1. The van der Waals surface area contributed by atoms with E-state index in [0.717, 1.165) is 30.1 Å². The number of amides is 1. The van der Waals surface area contributed by atoms with Crippen LogP contribution in [0.25, 0.3) is 22.6 Å². The summed E-state index contributed by atoms with van der Waals surface area (Å²) in [6.07, 6.45) is 6.97. The molecule has 3 atom stereocenters. The van der Waals surface area contributed by atoms with E-state index >= 15 is 0 Å². The molecular weight excluding hydrogens is 424 g/mol. The highest BCUT2D eigenvalue weighted by Crippen LogP contribution is 2.38. The molecule has 5 rings (SSSR count). The summed E-state index contributed by atoms with van der Waals surface area (Å²) in [5.41, 5.74) is 2.21. The molecular formula is C22H28N8OS. The number of hydrogen-bond donors (Lipinski definition) is 1. The number of nitrogens with one attached hydrogen (secondary N) is 1. The molecule has 2 aliphatic heterocycles. The van der Waals surface area contributed by atoms with Gasteiger partial charge >= 0.3 is 0 Å². The number of imidazole rings is 1. The van der Waals surface area contributed by atoms with Gasteiger partial charge in [-0.05, 0) is 38.4 Å². The first-order valence-electron chi connectivity index (χ1n) is 11.3. The van der Waals surface area contributed by atoms with Gasteiger partial charge in [0.05, 0.1) is 5.56 Å². The molecule has 10 heteroatoms.